The molecule has 0 aliphatic heterocycles. The molecule has 0 atom stereocenters. The van der Waals surface area contributed by atoms with E-state index in [0.29, 0.717) is 17.0 Å². The Balaban J connectivity index is 1.59. The SMILES string of the molecule is COc1cccc(/C=N/NC(=O)c2ccc(NC(=O)c3cccc([N+](=O)[O-])c3)cc2)c1. The molecule has 0 heterocycles. The number of nitrogens with zero attached hydrogens (tertiary/aromatic N) is 2. The summed E-state index contributed by atoms with van der Waals surface area (Å²) >= 11 is 0. The molecule has 0 saturated heterocycles. The third kappa shape index (κ3) is 5.73. The fraction of sp³-hybridized carbons (Fsp3) is 0.0455. The number of hydrogen-bond donors (Lipinski definition) is 2. The first-order valence-electron chi connectivity index (χ1n) is 9.09. The molecule has 9 heteroatoms. The van der Waals surface area contributed by atoms with Crippen LogP contribution in [0.25, 0.3) is 0 Å². The number of hydrazone groups is 1. The number of methoxy groups -OCH3 is 1. The van der Waals surface area contributed by atoms with Crippen LogP contribution in [0.4, 0.5) is 11.4 Å². The first kappa shape index (κ1) is 21.2. The van der Waals surface area contributed by atoms with E-state index in [4.69, 9.17) is 4.74 Å². The molecular weight excluding hydrogens is 400 g/mol. The van der Waals surface area contributed by atoms with Crippen molar-refractivity contribution in [2.24, 2.45) is 5.10 Å². The molecule has 0 saturated carbocycles. The summed E-state index contributed by atoms with van der Waals surface area (Å²) < 4.78 is 5.13. The molecule has 3 aromatic rings. The van der Waals surface area contributed by atoms with Gasteiger partial charge in [0.05, 0.1) is 18.2 Å². The molecule has 0 fully saturated rings. The number of ether oxygens (including phenoxy) is 1. The number of non-ortho nitro benzene ring substituents is 1. The van der Waals surface area contributed by atoms with E-state index in [1.807, 2.05) is 12.1 Å². The average Bonchev–Trinajstić information content (AvgIpc) is 2.79. The van der Waals surface area contributed by atoms with Gasteiger partial charge in [0.15, 0.2) is 0 Å². The minimum absolute atomic E-state index is 0.155. The van der Waals surface area contributed by atoms with E-state index in [1.165, 1.54) is 42.6 Å². The number of hydrogen-bond acceptors (Lipinski definition) is 6. The van der Waals surface area contributed by atoms with E-state index in [0.717, 1.165) is 5.56 Å². The quantitative estimate of drug-likeness (QED) is 0.345. The summed E-state index contributed by atoms with van der Waals surface area (Å²) in [6, 6.07) is 18.8. The van der Waals surface area contributed by atoms with Gasteiger partial charge in [-0.3, -0.25) is 19.7 Å². The maximum absolute atomic E-state index is 12.3. The maximum atomic E-state index is 12.3. The fourth-order valence-corrected chi connectivity index (χ4v) is 2.62. The molecule has 0 bridgehead atoms. The van der Waals surface area contributed by atoms with Crippen molar-refractivity contribution >= 4 is 29.4 Å². The predicted octanol–water partition coefficient (Wildman–Crippen LogP) is 3.62. The lowest BCUT2D eigenvalue weighted by atomic mass is 10.1. The summed E-state index contributed by atoms with van der Waals surface area (Å²) in [7, 11) is 1.56. The van der Waals surface area contributed by atoms with Gasteiger partial charge in [-0.25, -0.2) is 5.43 Å². The number of rotatable bonds is 7. The number of nitrogens with one attached hydrogen (secondary N) is 2. The number of nitro benzene ring substituents is 1. The Kier molecular flexibility index (Phi) is 6.69. The zero-order valence-electron chi connectivity index (χ0n) is 16.4. The number of amides is 2. The van der Waals surface area contributed by atoms with Crippen molar-refractivity contribution in [3.63, 3.8) is 0 Å². The second-order valence-electron chi connectivity index (χ2n) is 6.31. The van der Waals surface area contributed by atoms with Crippen molar-refractivity contribution in [2.75, 3.05) is 12.4 Å². The van der Waals surface area contributed by atoms with E-state index in [9.17, 15) is 19.7 Å². The van der Waals surface area contributed by atoms with Crippen LogP contribution in [0, 0.1) is 10.1 Å². The van der Waals surface area contributed by atoms with Crippen LogP contribution in [0.5, 0.6) is 5.75 Å². The maximum Gasteiger partial charge on any atom is 0.271 e. The van der Waals surface area contributed by atoms with Crippen molar-refractivity contribution in [3.05, 3.63) is 99.6 Å². The van der Waals surface area contributed by atoms with Gasteiger partial charge in [-0.05, 0) is 48.0 Å². The van der Waals surface area contributed by atoms with Crippen LogP contribution in [-0.2, 0) is 0 Å². The number of anilines is 1. The highest BCUT2D eigenvalue weighted by molar-refractivity contribution is 6.05. The third-order valence-electron chi connectivity index (χ3n) is 4.20. The minimum atomic E-state index is -0.568. The van der Waals surface area contributed by atoms with Crippen LogP contribution in [0.15, 0.2) is 77.9 Å². The van der Waals surface area contributed by atoms with E-state index >= 15 is 0 Å². The summed E-state index contributed by atoms with van der Waals surface area (Å²) in [5.41, 5.74) is 3.95. The van der Waals surface area contributed by atoms with Crippen molar-refractivity contribution in [1.82, 2.24) is 5.43 Å². The largest absolute Gasteiger partial charge is 0.497 e. The summed E-state index contributed by atoms with van der Waals surface area (Å²) in [5, 5.41) is 17.4. The standard InChI is InChI=1S/C22H18N4O5/c1-31-20-7-2-4-15(12-20)14-23-25-22(28)16-8-10-18(11-9-16)24-21(27)17-5-3-6-19(13-17)26(29)30/h2-14H,1H3,(H,24,27)(H,25,28)/b23-14+. The monoisotopic (exact) mass is 418 g/mol. The molecule has 0 radical (unpaired) electrons. The van der Waals surface area contributed by atoms with Gasteiger partial charge in [0.1, 0.15) is 5.75 Å². The topological polar surface area (TPSA) is 123 Å². The molecule has 0 aliphatic rings. The van der Waals surface area contributed by atoms with Crippen molar-refractivity contribution in [3.8, 4) is 5.75 Å². The second kappa shape index (κ2) is 9.79. The van der Waals surface area contributed by atoms with Gasteiger partial charge in [-0.15, -0.1) is 0 Å². The van der Waals surface area contributed by atoms with Crippen LogP contribution in [0.1, 0.15) is 26.3 Å². The number of benzene rings is 3. The normalized spacial score (nSPS) is 10.5. The molecule has 2 N–H and O–H groups in total. The number of carbonyl (C=O) groups excluding carboxylic acids is 2. The Labute approximate surface area is 177 Å². The molecule has 31 heavy (non-hydrogen) atoms. The lowest BCUT2D eigenvalue weighted by molar-refractivity contribution is -0.384. The van der Waals surface area contributed by atoms with Gasteiger partial charge in [0.25, 0.3) is 17.5 Å². The Morgan fingerprint density at radius 3 is 2.42 bits per heavy atom. The average molecular weight is 418 g/mol. The van der Waals surface area contributed by atoms with Gasteiger partial charge in [0.2, 0.25) is 0 Å². The van der Waals surface area contributed by atoms with E-state index in [1.54, 1.807) is 31.4 Å². The Morgan fingerprint density at radius 1 is 0.968 bits per heavy atom. The van der Waals surface area contributed by atoms with Gasteiger partial charge in [0, 0.05) is 28.9 Å². The Morgan fingerprint density at radius 2 is 1.71 bits per heavy atom. The molecular formula is C22H18N4O5. The van der Waals surface area contributed by atoms with Crippen molar-refractivity contribution in [1.29, 1.82) is 0 Å². The zero-order valence-corrected chi connectivity index (χ0v) is 16.4. The van der Waals surface area contributed by atoms with Crippen molar-refractivity contribution in [2.45, 2.75) is 0 Å². The van der Waals surface area contributed by atoms with Gasteiger partial charge < -0.3 is 10.1 Å². The molecule has 156 valence electrons. The highest BCUT2D eigenvalue weighted by atomic mass is 16.6. The van der Waals surface area contributed by atoms with Crippen LogP contribution in [-0.4, -0.2) is 30.1 Å². The van der Waals surface area contributed by atoms with Crippen LogP contribution in [0.3, 0.4) is 0 Å². The predicted molar refractivity (Wildman–Crippen MR) is 116 cm³/mol. The van der Waals surface area contributed by atoms with Crippen LogP contribution >= 0.6 is 0 Å². The van der Waals surface area contributed by atoms with Gasteiger partial charge >= 0.3 is 0 Å². The minimum Gasteiger partial charge on any atom is -0.497 e. The first-order valence-corrected chi connectivity index (χ1v) is 9.09. The smallest absolute Gasteiger partial charge is 0.271 e. The van der Waals surface area contributed by atoms with E-state index in [-0.39, 0.29) is 11.3 Å². The lowest BCUT2D eigenvalue weighted by Gasteiger charge is -2.06. The fourth-order valence-electron chi connectivity index (χ4n) is 2.62. The van der Waals surface area contributed by atoms with Crippen LogP contribution in [0.2, 0.25) is 0 Å². The van der Waals surface area contributed by atoms with Crippen LogP contribution < -0.4 is 15.5 Å². The first-order chi connectivity index (χ1) is 15.0. The molecule has 3 aromatic carbocycles. The summed E-state index contributed by atoms with van der Waals surface area (Å²) in [5.74, 6) is -0.238. The second-order valence-corrected chi connectivity index (χ2v) is 6.31. The van der Waals surface area contributed by atoms with Gasteiger partial charge in [-0.1, -0.05) is 18.2 Å². The molecule has 0 aromatic heterocycles. The van der Waals surface area contributed by atoms with E-state index < -0.39 is 16.7 Å². The highest BCUT2D eigenvalue weighted by Gasteiger charge is 2.12. The Hall–Kier alpha value is -4.53. The lowest BCUT2D eigenvalue weighted by Crippen LogP contribution is -2.18. The Bertz CT molecular complexity index is 1140. The van der Waals surface area contributed by atoms with Gasteiger partial charge in [-0.2, -0.15) is 5.10 Å². The number of nitro groups is 1. The molecule has 3 rings (SSSR count). The van der Waals surface area contributed by atoms with Crippen molar-refractivity contribution < 1.29 is 19.2 Å². The zero-order chi connectivity index (χ0) is 22.2. The summed E-state index contributed by atoms with van der Waals surface area (Å²) in [6.45, 7) is 0. The molecule has 0 spiro atoms. The number of carbonyl (C=O) groups is 2. The molecule has 9 nitrogen and oxygen atoms in total. The molecule has 2 amide bonds. The summed E-state index contributed by atoms with van der Waals surface area (Å²) in [4.78, 5) is 34.8. The third-order valence-corrected chi connectivity index (χ3v) is 4.20. The highest BCUT2D eigenvalue weighted by Crippen LogP contribution is 2.16. The molecule has 0 unspecified atom stereocenters. The summed E-state index contributed by atoms with van der Waals surface area (Å²) in [6.07, 6.45) is 1.49. The van der Waals surface area contributed by atoms with E-state index in [2.05, 4.69) is 15.8 Å². The molecule has 0 aliphatic carbocycles.